The third-order valence-electron chi connectivity index (χ3n) is 3.84. The van der Waals surface area contributed by atoms with Crippen LogP contribution in [0, 0.1) is 0 Å². The van der Waals surface area contributed by atoms with E-state index in [1.165, 1.54) is 0 Å². The second-order valence-electron chi connectivity index (χ2n) is 5.87. The van der Waals surface area contributed by atoms with Gasteiger partial charge >= 0.3 is 0 Å². The third-order valence-corrected chi connectivity index (χ3v) is 5.45. The van der Waals surface area contributed by atoms with Crippen LogP contribution in [0.15, 0.2) is 24.3 Å². The van der Waals surface area contributed by atoms with Crippen LogP contribution in [0.5, 0.6) is 0 Å². The minimum Gasteiger partial charge on any atom is -0.346 e. The fraction of sp³-hybridized carbons (Fsp3) is 0.533. The molecule has 1 aliphatic rings. The van der Waals surface area contributed by atoms with Crippen molar-refractivity contribution in [1.29, 1.82) is 0 Å². The molecule has 0 bridgehead atoms. The molecular weight excluding hydrogens is 411 g/mol. The van der Waals surface area contributed by atoms with E-state index in [0.717, 1.165) is 5.56 Å². The summed E-state index contributed by atoms with van der Waals surface area (Å²) in [5, 5.41) is 2.17. The lowest BCUT2D eigenvalue weighted by Gasteiger charge is -2.26. The molecule has 1 saturated heterocycles. The van der Waals surface area contributed by atoms with Gasteiger partial charge in [-0.05, 0) is 17.7 Å². The standard InChI is InChI=1S/C15H21F2N3O3S.2ClH/c16-15(17,10-18)11-19-14(21)13-3-1-2-12(8-13)9-20-4-6-24(22,23)7-5-20;;/h1-3,8H,4-7,9-11,18H2,(H,19,21);2*1H. The molecule has 1 aromatic rings. The lowest BCUT2D eigenvalue weighted by molar-refractivity contribution is 0.0118. The smallest absolute Gasteiger partial charge is 0.277 e. The highest BCUT2D eigenvalue weighted by atomic mass is 35.5. The molecule has 150 valence electrons. The summed E-state index contributed by atoms with van der Waals surface area (Å²) >= 11 is 0. The summed E-state index contributed by atoms with van der Waals surface area (Å²) in [5.74, 6) is -3.47. The lowest BCUT2D eigenvalue weighted by Crippen LogP contribution is -2.41. The molecule has 1 fully saturated rings. The number of nitrogens with zero attached hydrogens (tertiary/aromatic N) is 1. The Labute approximate surface area is 164 Å². The first-order valence-electron chi connectivity index (χ1n) is 7.59. The number of rotatable bonds is 6. The lowest BCUT2D eigenvalue weighted by atomic mass is 10.1. The molecule has 3 N–H and O–H groups in total. The van der Waals surface area contributed by atoms with Crippen LogP contribution in [0.4, 0.5) is 8.78 Å². The Balaban J connectivity index is 0.00000312. The van der Waals surface area contributed by atoms with Gasteiger partial charge in [-0.25, -0.2) is 17.2 Å². The maximum absolute atomic E-state index is 13.1. The highest BCUT2D eigenvalue weighted by Crippen LogP contribution is 2.13. The number of carbonyl (C=O) groups is 1. The molecule has 0 unspecified atom stereocenters. The number of nitrogens with two attached hydrogens (primary N) is 1. The molecule has 1 amide bonds. The molecule has 0 atom stereocenters. The van der Waals surface area contributed by atoms with E-state index in [-0.39, 0.29) is 41.9 Å². The van der Waals surface area contributed by atoms with Crippen molar-refractivity contribution in [3.05, 3.63) is 35.4 Å². The van der Waals surface area contributed by atoms with Crippen LogP contribution in [-0.2, 0) is 16.4 Å². The summed E-state index contributed by atoms with van der Waals surface area (Å²) in [7, 11) is -2.94. The van der Waals surface area contributed by atoms with Gasteiger partial charge < -0.3 is 11.1 Å². The molecule has 0 spiro atoms. The van der Waals surface area contributed by atoms with Gasteiger partial charge in [-0.2, -0.15) is 0 Å². The molecule has 1 aromatic carbocycles. The maximum Gasteiger partial charge on any atom is 0.277 e. The average Bonchev–Trinajstić information content (AvgIpc) is 2.55. The van der Waals surface area contributed by atoms with E-state index in [1.807, 2.05) is 11.0 Å². The van der Waals surface area contributed by atoms with Crippen LogP contribution in [0.1, 0.15) is 15.9 Å². The highest BCUT2D eigenvalue weighted by molar-refractivity contribution is 7.91. The summed E-state index contributed by atoms with van der Waals surface area (Å²) in [6, 6.07) is 6.65. The van der Waals surface area contributed by atoms with Gasteiger partial charge in [0.2, 0.25) is 0 Å². The highest BCUT2D eigenvalue weighted by Gasteiger charge is 2.27. The number of benzene rings is 1. The van der Waals surface area contributed by atoms with Gasteiger partial charge in [0.25, 0.3) is 11.8 Å². The Morgan fingerprint density at radius 2 is 1.85 bits per heavy atom. The molecule has 1 aliphatic heterocycles. The zero-order valence-electron chi connectivity index (χ0n) is 14.0. The first-order chi connectivity index (χ1) is 11.2. The number of halogens is 4. The Kier molecular flexibility index (Phi) is 9.97. The number of sulfone groups is 1. The van der Waals surface area contributed by atoms with Crippen LogP contribution >= 0.6 is 24.8 Å². The normalized spacial score (nSPS) is 16.9. The van der Waals surface area contributed by atoms with E-state index < -0.39 is 34.8 Å². The van der Waals surface area contributed by atoms with Crippen LogP contribution in [0.2, 0.25) is 0 Å². The topological polar surface area (TPSA) is 92.5 Å². The number of nitrogens with one attached hydrogen (secondary N) is 1. The Hall–Kier alpha value is -1.00. The molecule has 26 heavy (non-hydrogen) atoms. The zero-order valence-corrected chi connectivity index (χ0v) is 16.4. The maximum atomic E-state index is 13.1. The summed E-state index contributed by atoms with van der Waals surface area (Å²) in [6.45, 7) is -0.236. The van der Waals surface area contributed by atoms with Crippen LogP contribution in [-0.4, -0.2) is 62.8 Å². The molecule has 11 heteroatoms. The molecule has 0 saturated carbocycles. The monoisotopic (exact) mass is 433 g/mol. The molecule has 0 radical (unpaired) electrons. The predicted molar refractivity (Wildman–Crippen MR) is 101 cm³/mol. The van der Waals surface area contributed by atoms with E-state index in [2.05, 4.69) is 5.32 Å². The van der Waals surface area contributed by atoms with Crippen LogP contribution in [0.25, 0.3) is 0 Å². The fourth-order valence-corrected chi connectivity index (χ4v) is 3.64. The molecule has 0 aliphatic carbocycles. The second kappa shape index (κ2) is 10.4. The Morgan fingerprint density at radius 3 is 2.42 bits per heavy atom. The van der Waals surface area contributed by atoms with E-state index in [1.54, 1.807) is 18.2 Å². The summed E-state index contributed by atoms with van der Waals surface area (Å²) in [4.78, 5) is 13.9. The SMILES string of the molecule is Cl.Cl.NCC(F)(F)CNC(=O)c1cccc(CN2CCS(=O)(=O)CC2)c1. The quantitative estimate of drug-likeness (QED) is 0.700. The van der Waals surface area contributed by atoms with Crippen molar-refractivity contribution in [2.75, 3.05) is 37.7 Å². The minimum absolute atomic E-state index is 0. The predicted octanol–water partition coefficient (Wildman–Crippen LogP) is 1.08. The number of hydrogen-bond donors (Lipinski definition) is 2. The van der Waals surface area contributed by atoms with E-state index in [0.29, 0.717) is 19.6 Å². The molecular formula is C15H23Cl2F2N3O3S. The van der Waals surface area contributed by atoms with Gasteiger partial charge in [0, 0.05) is 25.2 Å². The molecule has 0 aromatic heterocycles. The minimum atomic E-state index is -3.13. The first kappa shape index (κ1) is 25.0. The number of carbonyl (C=O) groups excluding carboxylic acids is 1. The van der Waals surface area contributed by atoms with Crippen molar-refractivity contribution in [2.24, 2.45) is 5.73 Å². The van der Waals surface area contributed by atoms with Crippen molar-refractivity contribution >= 4 is 40.6 Å². The summed E-state index contributed by atoms with van der Waals surface area (Å²) in [5.41, 5.74) is 6.04. The van der Waals surface area contributed by atoms with Gasteiger partial charge in [0.1, 0.15) is 0 Å². The Morgan fingerprint density at radius 1 is 1.23 bits per heavy atom. The van der Waals surface area contributed by atoms with Gasteiger partial charge in [0.15, 0.2) is 9.84 Å². The van der Waals surface area contributed by atoms with Crippen molar-refractivity contribution in [1.82, 2.24) is 10.2 Å². The number of alkyl halides is 2. The van der Waals surface area contributed by atoms with E-state index >= 15 is 0 Å². The summed E-state index contributed by atoms with van der Waals surface area (Å²) < 4.78 is 49.0. The van der Waals surface area contributed by atoms with E-state index in [9.17, 15) is 22.0 Å². The van der Waals surface area contributed by atoms with Crippen LogP contribution < -0.4 is 11.1 Å². The van der Waals surface area contributed by atoms with Crippen molar-refractivity contribution in [3.8, 4) is 0 Å². The molecule has 6 nitrogen and oxygen atoms in total. The fourth-order valence-electron chi connectivity index (χ4n) is 2.36. The summed E-state index contributed by atoms with van der Waals surface area (Å²) in [6.07, 6.45) is 0. The van der Waals surface area contributed by atoms with Crippen molar-refractivity contribution in [3.63, 3.8) is 0 Å². The Bertz CT molecular complexity index is 691. The number of amides is 1. The molecule has 1 heterocycles. The van der Waals surface area contributed by atoms with Gasteiger partial charge in [-0.15, -0.1) is 24.8 Å². The van der Waals surface area contributed by atoms with E-state index in [4.69, 9.17) is 5.73 Å². The van der Waals surface area contributed by atoms with Crippen LogP contribution in [0.3, 0.4) is 0 Å². The first-order valence-corrected chi connectivity index (χ1v) is 9.41. The largest absolute Gasteiger partial charge is 0.346 e. The van der Waals surface area contributed by atoms with Gasteiger partial charge in [-0.3, -0.25) is 9.69 Å². The van der Waals surface area contributed by atoms with Crippen molar-refractivity contribution in [2.45, 2.75) is 12.5 Å². The van der Waals surface area contributed by atoms with Crippen molar-refractivity contribution < 1.29 is 22.0 Å². The average molecular weight is 434 g/mol. The zero-order chi connectivity index (χ0) is 17.8. The third kappa shape index (κ3) is 7.71. The molecule has 2 rings (SSSR count). The van der Waals surface area contributed by atoms with Gasteiger partial charge in [0.05, 0.1) is 24.6 Å². The van der Waals surface area contributed by atoms with Gasteiger partial charge in [-0.1, -0.05) is 12.1 Å². The number of hydrogen-bond acceptors (Lipinski definition) is 5. The second-order valence-corrected chi connectivity index (χ2v) is 8.17.